The van der Waals surface area contributed by atoms with Crippen LogP contribution in [0.5, 0.6) is 5.75 Å². The van der Waals surface area contributed by atoms with Crippen LogP contribution in [0.25, 0.3) is 0 Å². The molecule has 1 atom stereocenters. The summed E-state index contributed by atoms with van der Waals surface area (Å²) in [5.41, 5.74) is -1.36. The predicted octanol–water partition coefficient (Wildman–Crippen LogP) is 2.66. The lowest BCUT2D eigenvalue weighted by atomic mass is 9.92. The Labute approximate surface area is 188 Å². The average molecular weight is 454 g/mol. The minimum atomic E-state index is -1.36. The van der Waals surface area contributed by atoms with Crippen LogP contribution in [0.15, 0.2) is 59.4 Å². The van der Waals surface area contributed by atoms with Crippen molar-refractivity contribution in [3.05, 3.63) is 93.4 Å². The van der Waals surface area contributed by atoms with Crippen LogP contribution in [0, 0.1) is 5.82 Å². The maximum absolute atomic E-state index is 13.0. The number of aromatic hydroxyl groups is 1. The van der Waals surface area contributed by atoms with E-state index in [1.807, 2.05) is 30.3 Å². The number of H-pyrrole nitrogens is 1. The molecule has 0 fully saturated rings. The third kappa shape index (κ3) is 5.94. The average Bonchev–Trinajstić information content (AvgIpc) is 2.79. The van der Waals surface area contributed by atoms with Crippen LogP contribution in [0.2, 0.25) is 0 Å². The van der Waals surface area contributed by atoms with Gasteiger partial charge in [0, 0.05) is 6.54 Å². The SMILES string of the molecule is CC(CCc1ccccc1)(NC(=O)O)c1nc(C(=O)NCc2ccc(F)cc2)c(O)c(=O)[nH]1. The molecule has 0 saturated heterocycles. The third-order valence-electron chi connectivity index (χ3n) is 5.14. The minimum absolute atomic E-state index is 0.00101. The molecule has 0 bridgehead atoms. The number of hydrogen-bond donors (Lipinski definition) is 5. The quantitative estimate of drug-likeness (QED) is 0.354. The number of carboxylic acid groups (broad SMARTS) is 1. The topological polar surface area (TPSA) is 144 Å². The number of rotatable bonds is 8. The van der Waals surface area contributed by atoms with Gasteiger partial charge in [0.15, 0.2) is 5.69 Å². The zero-order valence-corrected chi connectivity index (χ0v) is 17.8. The van der Waals surface area contributed by atoms with E-state index in [1.165, 1.54) is 31.2 Å². The van der Waals surface area contributed by atoms with E-state index in [2.05, 4.69) is 20.6 Å². The van der Waals surface area contributed by atoms with Gasteiger partial charge >= 0.3 is 6.09 Å². The zero-order chi connectivity index (χ0) is 24.0. The molecule has 9 nitrogen and oxygen atoms in total. The Morgan fingerprint density at radius 2 is 1.76 bits per heavy atom. The Balaban J connectivity index is 1.88. The van der Waals surface area contributed by atoms with E-state index < -0.39 is 40.4 Å². The number of nitrogens with zero attached hydrogens (tertiary/aromatic N) is 1. The first-order valence-corrected chi connectivity index (χ1v) is 10.1. The van der Waals surface area contributed by atoms with Gasteiger partial charge in [-0.3, -0.25) is 9.59 Å². The molecule has 2 aromatic carbocycles. The van der Waals surface area contributed by atoms with Crippen molar-refractivity contribution < 1.29 is 24.2 Å². The summed E-state index contributed by atoms with van der Waals surface area (Å²) in [6.45, 7) is 1.53. The summed E-state index contributed by atoms with van der Waals surface area (Å²) in [7, 11) is 0. The molecule has 1 aromatic heterocycles. The number of carbonyl (C=O) groups is 2. The van der Waals surface area contributed by atoms with E-state index >= 15 is 0 Å². The van der Waals surface area contributed by atoms with Crippen molar-refractivity contribution in [2.75, 3.05) is 0 Å². The van der Waals surface area contributed by atoms with Crippen molar-refractivity contribution in [2.45, 2.75) is 31.8 Å². The van der Waals surface area contributed by atoms with E-state index in [9.17, 15) is 29.0 Å². The van der Waals surface area contributed by atoms with Gasteiger partial charge in [0.1, 0.15) is 11.6 Å². The molecular weight excluding hydrogens is 431 g/mol. The fourth-order valence-corrected chi connectivity index (χ4v) is 3.27. The number of aryl methyl sites for hydroxylation is 1. The zero-order valence-electron chi connectivity index (χ0n) is 17.8. The lowest BCUT2D eigenvalue weighted by Crippen LogP contribution is -2.46. The number of halogens is 1. The van der Waals surface area contributed by atoms with Gasteiger partial charge in [0.25, 0.3) is 11.5 Å². The molecule has 0 saturated carbocycles. The molecule has 10 heteroatoms. The van der Waals surface area contributed by atoms with E-state index in [0.29, 0.717) is 12.0 Å². The summed E-state index contributed by atoms with van der Waals surface area (Å²) < 4.78 is 13.0. The Bertz CT molecular complexity index is 1200. The van der Waals surface area contributed by atoms with Gasteiger partial charge < -0.3 is 25.8 Å². The number of nitrogens with one attached hydrogen (secondary N) is 3. The number of carbonyl (C=O) groups excluding carboxylic acids is 1. The fraction of sp³-hybridized carbons (Fsp3) is 0.217. The molecule has 3 aromatic rings. The molecular formula is C23H23FN4O5. The normalized spacial score (nSPS) is 12.5. The smallest absolute Gasteiger partial charge is 0.405 e. The predicted molar refractivity (Wildman–Crippen MR) is 117 cm³/mol. The highest BCUT2D eigenvalue weighted by atomic mass is 19.1. The standard InChI is InChI=1S/C23H23FN4O5/c1-23(28-22(32)33,12-11-14-5-3-2-4-6-14)21-26-17(18(29)20(31)27-21)19(30)25-13-15-7-9-16(24)10-8-15/h2-10,28-29H,11-13H2,1H3,(H,25,30)(H,32,33)(H,26,27,31). The van der Waals surface area contributed by atoms with Gasteiger partial charge in [0.05, 0.1) is 5.54 Å². The van der Waals surface area contributed by atoms with E-state index in [0.717, 1.165) is 5.56 Å². The van der Waals surface area contributed by atoms with Gasteiger partial charge in [-0.05, 0) is 43.0 Å². The first-order chi connectivity index (χ1) is 15.7. The van der Waals surface area contributed by atoms with Crippen LogP contribution >= 0.6 is 0 Å². The molecule has 0 aliphatic carbocycles. The Morgan fingerprint density at radius 3 is 2.39 bits per heavy atom. The Hall–Kier alpha value is -4.21. The summed E-state index contributed by atoms with van der Waals surface area (Å²) in [6, 6.07) is 14.7. The van der Waals surface area contributed by atoms with Crippen LogP contribution in [-0.2, 0) is 18.5 Å². The lowest BCUT2D eigenvalue weighted by Gasteiger charge is -2.29. The van der Waals surface area contributed by atoms with Crippen molar-refractivity contribution in [1.82, 2.24) is 20.6 Å². The second kappa shape index (κ2) is 9.94. The van der Waals surface area contributed by atoms with E-state index in [1.54, 1.807) is 0 Å². The van der Waals surface area contributed by atoms with Crippen molar-refractivity contribution in [1.29, 1.82) is 0 Å². The first-order valence-electron chi connectivity index (χ1n) is 10.1. The molecule has 0 aliphatic rings. The van der Waals surface area contributed by atoms with Gasteiger partial charge in [-0.15, -0.1) is 0 Å². The second-order valence-corrected chi connectivity index (χ2v) is 7.67. The van der Waals surface area contributed by atoms with Gasteiger partial charge in [-0.2, -0.15) is 0 Å². The van der Waals surface area contributed by atoms with Crippen molar-refractivity contribution in [2.24, 2.45) is 0 Å². The monoisotopic (exact) mass is 454 g/mol. The number of aromatic nitrogens is 2. The van der Waals surface area contributed by atoms with Crippen molar-refractivity contribution in [3.8, 4) is 5.75 Å². The fourth-order valence-electron chi connectivity index (χ4n) is 3.27. The highest BCUT2D eigenvalue weighted by Gasteiger charge is 2.33. The Morgan fingerprint density at radius 1 is 1.09 bits per heavy atom. The molecule has 5 N–H and O–H groups in total. The van der Waals surface area contributed by atoms with Gasteiger partial charge in [0.2, 0.25) is 5.75 Å². The second-order valence-electron chi connectivity index (χ2n) is 7.67. The first kappa shape index (κ1) is 23.5. The summed E-state index contributed by atoms with van der Waals surface area (Å²) in [6.07, 6.45) is -0.675. The number of aromatic amines is 1. The van der Waals surface area contributed by atoms with E-state index in [4.69, 9.17) is 0 Å². The maximum Gasteiger partial charge on any atom is 0.405 e. The summed E-state index contributed by atoms with van der Waals surface area (Å²) >= 11 is 0. The van der Waals surface area contributed by atoms with Crippen LogP contribution in [0.4, 0.5) is 9.18 Å². The molecule has 0 spiro atoms. The van der Waals surface area contributed by atoms with Crippen LogP contribution < -0.4 is 16.2 Å². The van der Waals surface area contributed by atoms with Crippen LogP contribution in [-0.4, -0.2) is 32.2 Å². The molecule has 0 aliphatic heterocycles. The molecule has 1 heterocycles. The Kier molecular flexibility index (Phi) is 7.07. The summed E-state index contributed by atoms with van der Waals surface area (Å²) in [4.78, 5) is 42.9. The number of hydrogen-bond acceptors (Lipinski definition) is 5. The van der Waals surface area contributed by atoms with Gasteiger partial charge in [-0.1, -0.05) is 42.5 Å². The molecule has 172 valence electrons. The molecule has 3 rings (SSSR count). The lowest BCUT2D eigenvalue weighted by molar-refractivity contribution is 0.0941. The molecule has 33 heavy (non-hydrogen) atoms. The summed E-state index contributed by atoms with van der Waals surface area (Å²) in [5.74, 6) is -2.28. The highest BCUT2D eigenvalue weighted by molar-refractivity contribution is 5.94. The van der Waals surface area contributed by atoms with Gasteiger partial charge in [-0.25, -0.2) is 14.2 Å². The third-order valence-corrected chi connectivity index (χ3v) is 5.14. The van der Waals surface area contributed by atoms with Crippen molar-refractivity contribution in [3.63, 3.8) is 0 Å². The maximum atomic E-state index is 13.0. The van der Waals surface area contributed by atoms with Crippen LogP contribution in [0.3, 0.4) is 0 Å². The number of benzene rings is 2. The van der Waals surface area contributed by atoms with E-state index in [-0.39, 0.29) is 18.8 Å². The largest absolute Gasteiger partial charge is 0.501 e. The van der Waals surface area contributed by atoms with Crippen molar-refractivity contribution >= 4 is 12.0 Å². The molecule has 1 unspecified atom stereocenters. The highest BCUT2D eigenvalue weighted by Crippen LogP contribution is 2.25. The molecule has 2 amide bonds. The summed E-state index contributed by atoms with van der Waals surface area (Å²) in [5, 5.41) is 24.3. The molecule has 0 radical (unpaired) electrons. The van der Waals surface area contributed by atoms with Crippen LogP contribution in [0.1, 0.15) is 40.8 Å². The number of amides is 2. The minimum Gasteiger partial charge on any atom is -0.501 e.